The summed E-state index contributed by atoms with van der Waals surface area (Å²) >= 11 is 0. The number of carbonyl (C=O) groups excluding carboxylic acids is 2. The third-order valence-corrected chi connectivity index (χ3v) is 1.08. The molecule has 0 radical (unpaired) electrons. The van der Waals surface area contributed by atoms with E-state index < -0.39 is 11.9 Å². The van der Waals surface area contributed by atoms with Gasteiger partial charge in [-0.15, -0.1) is 0 Å². The predicted octanol–water partition coefficient (Wildman–Crippen LogP) is -1.85. The SMILES string of the molecule is CNC(=O)C(NN)C(C)=O. The van der Waals surface area contributed by atoms with Crippen molar-refractivity contribution in [1.82, 2.24) is 10.7 Å². The molecular weight excluding hydrogens is 134 g/mol. The number of carbonyl (C=O) groups is 2. The number of hydrogen-bond acceptors (Lipinski definition) is 4. The first kappa shape index (κ1) is 9.06. The maximum atomic E-state index is 10.7. The molecule has 1 atom stereocenters. The Morgan fingerprint density at radius 2 is 2.00 bits per heavy atom. The summed E-state index contributed by atoms with van der Waals surface area (Å²) in [7, 11) is 1.44. The Kier molecular flexibility index (Phi) is 3.60. The molecule has 0 aliphatic rings. The second-order valence-corrected chi connectivity index (χ2v) is 1.82. The van der Waals surface area contributed by atoms with Crippen molar-refractivity contribution in [3.05, 3.63) is 0 Å². The van der Waals surface area contributed by atoms with E-state index in [1.165, 1.54) is 14.0 Å². The molecule has 0 saturated heterocycles. The summed E-state index contributed by atoms with van der Waals surface area (Å²) in [5, 5.41) is 2.30. The molecule has 1 amide bonds. The number of nitrogens with one attached hydrogen (secondary N) is 2. The summed E-state index contributed by atoms with van der Waals surface area (Å²) in [6, 6.07) is -0.926. The van der Waals surface area contributed by atoms with Crippen LogP contribution < -0.4 is 16.6 Å². The molecule has 0 aromatic rings. The van der Waals surface area contributed by atoms with Crippen molar-refractivity contribution < 1.29 is 9.59 Å². The van der Waals surface area contributed by atoms with Gasteiger partial charge >= 0.3 is 0 Å². The number of hydrogen-bond donors (Lipinski definition) is 3. The van der Waals surface area contributed by atoms with Crippen LogP contribution >= 0.6 is 0 Å². The average molecular weight is 145 g/mol. The van der Waals surface area contributed by atoms with E-state index in [2.05, 4.69) is 10.7 Å². The van der Waals surface area contributed by atoms with Crippen LogP contribution in [0.1, 0.15) is 6.92 Å². The highest BCUT2D eigenvalue weighted by molar-refractivity contribution is 6.04. The number of nitrogens with two attached hydrogens (primary N) is 1. The quantitative estimate of drug-likeness (QED) is 0.247. The molecule has 0 aromatic heterocycles. The summed E-state index contributed by atoms with van der Waals surface area (Å²) in [5.41, 5.74) is 2.09. The predicted molar refractivity (Wildman–Crippen MR) is 35.9 cm³/mol. The maximum Gasteiger partial charge on any atom is 0.245 e. The number of likely N-dealkylation sites (N-methyl/N-ethyl adjacent to an activating group) is 1. The van der Waals surface area contributed by atoms with Gasteiger partial charge in [0.15, 0.2) is 11.8 Å². The van der Waals surface area contributed by atoms with Crippen LogP contribution in [0.25, 0.3) is 0 Å². The first-order valence-electron chi connectivity index (χ1n) is 2.81. The summed E-state index contributed by atoms with van der Waals surface area (Å²) < 4.78 is 0. The van der Waals surface area contributed by atoms with E-state index in [1.807, 2.05) is 0 Å². The number of amides is 1. The van der Waals surface area contributed by atoms with Crippen LogP contribution in [0.5, 0.6) is 0 Å². The van der Waals surface area contributed by atoms with Gasteiger partial charge in [0, 0.05) is 7.05 Å². The van der Waals surface area contributed by atoms with E-state index in [1.54, 1.807) is 0 Å². The Balaban J connectivity index is 4.06. The average Bonchev–Trinajstić information content (AvgIpc) is 1.88. The lowest BCUT2D eigenvalue weighted by molar-refractivity contribution is -0.129. The van der Waals surface area contributed by atoms with E-state index in [9.17, 15) is 9.59 Å². The molecule has 0 heterocycles. The molecule has 0 fully saturated rings. The first-order valence-corrected chi connectivity index (χ1v) is 2.81. The second-order valence-electron chi connectivity index (χ2n) is 1.82. The number of rotatable bonds is 3. The minimum atomic E-state index is -0.926. The monoisotopic (exact) mass is 145 g/mol. The molecule has 58 valence electrons. The van der Waals surface area contributed by atoms with E-state index in [4.69, 9.17) is 5.84 Å². The summed E-state index contributed by atoms with van der Waals surface area (Å²) in [6.45, 7) is 1.29. The van der Waals surface area contributed by atoms with Crippen LogP contribution in [0.15, 0.2) is 0 Å². The normalized spacial score (nSPS) is 12.3. The maximum absolute atomic E-state index is 10.7. The van der Waals surface area contributed by atoms with Gasteiger partial charge in [-0.05, 0) is 6.92 Å². The fourth-order valence-corrected chi connectivity index (χ4v) is 0.522. The van der Waals surface area contributed by atoms with Crippen LogP contribution in [-0.2, 0) is 9.59 Å². The molecule has 1 unspecified atom stereocenters. The van der Waals surface area contributed by atoms with E-state index >= 15 is 0 Å². The zero-order valence-electron chi connectivity index (χ0n) is 5.97. The van der Waals surface area contributed by atoms with Crippen LogP contribution in [0.2, 0.25) is 0 Å². The Bertz CT molecular complexity index is 146. The Morgan fingerprint density at radius 1 is 1.50 bits per heavy atom. The highest BCUT2D eigenvalue weighted by atomic mass is 16.2. The zero-order chi connectivity index (χ0) is 8.15. The summed E-state index contributed by atoms with van der Waals surface area (Å²) in [5.74, 6) is 4.19. The van der Waals surface area contributed by atoms with Crippen LogP contribution in [0.4, 0.5) is 0 Å². The van der Waals surface area contributed by atoms with Crippen molar-refractivity contribution in [2.45, 2.75) is 13.0 Å². The van der Waals surface area contributed by atoms with Gasteiger partial charge in [0.05, 0.1) is 0 Å². The van der Waals surface area contributed by atoms with Gasteiger partial charge in [0.1, 0.15) is 0 Å². The van der Waals surface area contributed by atoms with E-state index in [0.717, 1.165) is 0 Å². The molecule has 0 bridgehead atoms. The molecule has 5 heteroatoms. The molecule has 10 heavy (non-hydrogen) atoms. The van der Waals surface area contributed by atoms with Gasteiger partial charge in [-0.2, -0.15) is 0 Å². The number of ketones is 1. The van der Waals surface area contributed by atoms with Gasteiger partial charge < -0.3 is 5.32 Å². The van der Waals surface area contributed by atoms with Crippen molar-refractivity contribution in [3.63, 3.8) is 0 Å². The van der Waals surface area contributed by atoms with E-state index in [0.29, 0.717) is 0 Å². The highest BCUT2D eigenvalue weighted by Crippen LogP contribution is 1.82. The van der Waals surface area contributed by atoms with Crippen LogP contribution in [0.3, 0.4) is 0 Å². The Hall–Kier alpha value is -0.940. The van der Waals surface area contributed by atoms with Gasteiger partial charge in [0.2, 0.25) is 5.91 Å². The number of hydrazine groups is 1. The Labute approximate surface area is 58.9 Å². The Morgan fingerprint density at radius 3 is 2.10 bits per heavy atom. The lowest BCUT2D eigenvalue weighted by Gasteiger charge is -2.08. The lowest BCUT2D eigenvalue weighted by Crippen LogP contribution is -2.50. The smallest absolute Gasteiger partial charge is 0.245 e. The fourth-order valence-electron chi connectivity index (χ4n) is 0.522. The van der Waals surface area contributed by atoms with Crippen molar-refractivity contribution in [2.75, 3.05) is 7.05 Å². The van der Waals surface area contributed by atoms with Gasteiger partial charge in [-0.1, -0.05) is 0 Å². The minimum absolute atomic E-state index is 0.304. The molecule has 0 saturated carbocycles. The molecule has 0 aliphatic carbocycles. The molecule has 5 nitrogen and oxygen atoms in total. The van der Waals surface area contributed by atoms with Crippen LogP contribution in [-0.4, -0.2) is 24.8 Å². The van der Waals surface area contributed by atoms with Crippen molar-refractivity contribution in [3.8, 4) is 0 Å². The zero-order valence-corrected chi connectivity index (χ0v) is 5.97. The summed E-state index contributed by atoms with van der Waals surface area (Å²) in [4.78, 5) is 21.3. The topological polar surface area (TPSA) is 84.2 Å². The van der Waals surface area contributed by atoms with Gasteiger partial charge in [-0.25, -0.2) is 5.43 Å². The lowest BCUT2D eigenvalue weighted by atomic mass is 10.2. The third-order valence-electron chi connectivity index (χ3n) is 1.08. The van der Waals surface area contributed by atoms with Crippen molar-refractivity contribution in [2.24, 2.45) is 5.84 Å². The van der Waals surface area contributed by atoms with Crippen molar-refractivity contribution >= 4 is 11.7 Å². The molecule has 0 aromatic carbocycles. The van der Waals surface area contributed by atoms with Gasteiger partial charge in [0.25, 0.3) is 0 Å². The molecule has 4 N–H and O–H groups in total. The minimum Gasteiger partial charge on any atom is -0.357 e. The summed E-state index contributed by atoms with van der Waals surface area (Å²) in [6.07, 6.45) is 0. The molecule has 0 spiro atoms. The van der Waals surface area contributed by atoms with Gasteiger partial charge in [-0.3, -0.25) is 15.4 Å². The van der Waals surface area contributed by atoms with E-state index in [-0.39, 0.29) is 5.78 Å². The highest BCUT2D eigenvalue weighted by Gasteiger charge is 2.19. The third kappa shape index (κ3) is 2.12. The van der Waals surface area contributed by atoms with Crippen LogP contribution in [0, 0.1) is 0 Å². The standard InChI is InChI=1S/C5H11N3O2/c1-3(9)4(8-6)5(10)7-2/h4,8H,6H2,1-2H3,(H,7,10). The fraction of sp³-hybridized carbons (Fsp3) is 0.600. The first-order chi connectivity index (χ1) is 4.63. The molecule has 0 aliphatic heterocycles. The molecular formula is C5H11N3O2. The largest absolute Gasteiger partial charge is 0.357 e. The number of Topliss-reactive ketones (excluding diaryl/α,β-unsaturated/α-hetero) is 1. The van der Waals surface area contributed by atoms with Crippen molar-refractivity contribution in [1.29, 1.82) is 0 Å². The molecule has 0 rings (SSSR count). The second kappa shape index (κ2) is 3.97.